The zero-order chi connectivity index (χ0) is 11.4. The van der Waals surface area contributed by atoms with E-state index >= 15 is 0 Å². The summed E-state index contributed by atoms with van der Waals surface area (Å²) in [5.74, 6) is -0.733. The van der Waals surface area contributed by atoms with Gasteiger partial charge in [-0.15, -0.1) is 0 Å². The molecule has 1 N–H and O–H groups in total. The fourth-order valence-electron chi connectivity index (χ4n) is 1.11. The maximum atomic E-state index is 11.4. The highest BCUT2D eigenvalue weighted by atomic mass is 31.0. The van der Waals surface area contributed by atoms with E-state index in [1.807, 2.05) is 9.47 Å². The molecule has 1 aromatic rings. The number of hydrogen-bond acceptors (Lipinski definition) is 5. The number of ether oxygens (including phenoxy) is 1. The normalized spacial score (nSPS) is 9.53. The Morgan fingerprint density at radius 3 is 2.73 bits per heavy atom. The van der Waals surface area contributed by atoms with Crippen molar-refractivity contribution in [3.8, 4) is 5.75 Å². The van der Waals surface area contributed by atoms with Crippen molar-refractivity contribution in [1.29, 1.82) is 0 Å². The lowest BCUT2D eigenvalue weighted by Gasteiger charge is -2.13. The minimum atomic E-state index is -0.653. The summed E-state index contributed by atoms with van der Waals surface area (Å²) in [7, 11) is 4.75. The summed E-state index contributed by atoms with van der Waals surface area (Å²) in [6.07, 6.45) is 1.42. The molecule has 1 rings (SSSR count). The number of nitrogens with zero attached hydrogens (tertiary/aromatic N) is 1. The van der Waals surface area contributed by atoms with E-state index in [1.54, 1.807) is 7.05 Å². The van der Waals surface area contributed by atoms with Gasteiger partial charge in [0.2, 0.25) is 11.2 Å². The topological polar surface area (TPSA) is 69.6 Å². The lowest BCUT2D eigenvalue weighted by Crippen LogP contribution is -2.23. The average Bonchev–Trinajstić information content (AvgIpc) is 2.27. The molecule has 0 saturated heterocycles. The molecule has 0 saturated carbocycles. The number of esters is 1. The van der Waals surface area contributed by atoms with Crippen LogP contribution in [0.25, 0.3) is 0 Å². The Morgan fingerprint density at radius 1 is 1.60 bits per heavy atom. The summed E-state index contributed by atoms with van der Waals surface area (Å²) in [5, 5.41) is 0. The Hall–Kier alpha value is -1.55. The van der Waals surface area contributed by atoms with Gasteiger partial charge >= 0.3 is 5.97 Å². The molecule has 1 aromatic heterocycles. The van der Waals surface area contributed by atoms with Crippen LogP contribution in [0.4, 0.5) is 0 Å². The van der Waals surface area contributed by atoms with Crippen molar-refractivity contribution < 1.29 is 14.1 Å². The van der Waals surface area contributed by atoms with Gasteiger partial charge in [0.15, 0.2) is 5.69 Å². The first-order valence-corrected chi connectivity index (χ1v) is 4.51. The van der Waals surface area contributed by atoms with E-state index in [2.05, 4.69) is 10.2 Å². The minimum Gasteiger partial charge on any atom is -0.474 e. The summed E-state index contributed by atoms with van der Waals surface area (Å²) in [5.41, 5.74) is 2.32. The lowest BCUT2D eigenvalue weighted by molar-refractivity contribution is 0.0587. The number of rotatable bonds is 3. The van der Waals surface area contributed by atoms with Crippen LogP contribution in [0.5, 0.6) is 5.75 Å². The van der Waals surface area contributed by atoms with Gasteiger partial charge in [0, 0.05) is 19.3 Å². The summed E-state index contributed by atoms with van der Waals surface area (Å²) in [4.78, 5) is 22.8. The van der Waals surface area contributed by atoms with Crippen molar-refractivity contribution in [1.82, 2.24) is 4.68 Å². The van der Waals surface area contributed by atoms with Gasteiger partial charge in [0.1, 0.15) is 0 Å². The molecule has 0 amide bonds. The van der Waals surface area contributed by atoms with Gasteiger partial charge < -0.3 is 14.7 Å². The molecule has 82 valence electrons. The van der Waals surface area contributed by atoms with Gasteiger partial charge in [-0.25, -0.2) is 4.79 Å². The number of aromatic nitrogens is 1. The highest BCUT2D eigenvalue weighted by Gasteiger charge is 2.19. The van der Waals surface area contributed by atoms with Crippen molar-refractivity contribution >= 4 is 15.4 Å². The van der Waals surface area contributed by atoms with Gasteiger partial charge in [-0.2, -0.15) is 0 Å². The van der Waals surface area contributed by atoms with E-state index < -0.39 is 11.4 Å². The van der Waals surface area contributed by atoms with Crippen LogP contribution in [0.3, 0.4) is 0 Å². The van der Waals surface area contributed by atoms with E-state index in [0.717, 1.165) is 0 Å². The van der Waals surface area contributed by atoms with E-state index in [1.165, 1.54) is 24.0 Å². The molecule has 1 unspecified atom stereocenters. The van der Waals surface area contributed by atoms with Gasteiger partial charge in [0.25, 0.3) is 0 Å². The van der Waals surface area contributed by atoms with Crippen molar-refractivity contribution in [2.45, 2.75) is 0 Å². The van der Waals surface area contributed by atoms with Crippen LogP contribution in [-0.4, -0.2) is 24.8 Å². The molecular formula is C8H11N2O4P. The fourth-order valence-corrected chi connectivity index (χ4v) is 1.33. The predicted octanol–water partition coefficient (Wildman–Crippen LogP) is -0.0229. The second-order valence-corrected chi connectivity index (χ2v) is 2.80. The molecule has 0 spiro atoms. The second-order valence-electron chi connectivity index (χ2n) is 2.56. The third kappa shape index (κ3) is 2.10. The Morgan fingerprint density at radius 2 is 2.27 bits per heavy atom. The zero-order valence-electron chi connectivity index (χ0n) is 8.31. The van der Waals surface area contributed by atoms with E-state index in [0.29, 0.717) is 0 Å². The third-order valence-corrected chi connectivity index (χ3v) is 2.03. The molecule has 0 fully saturated rings. The number of hydrogen-bond donors (Lipinski definition) is 1. The van der Waals surface area contributed by atoms with Crippen LogP contribution in [0.2, 0.25) is 0 Å². The van der Waals surface area contributed by atoms with Gasteiger partial charge in [-0.3, -0.25) is 9.47 Å². The molecule has 0 aliphatic carbocycles. The third-order valence-electron chi connectivity index (χ3n) is 1.79. The molecule has 7 heteroatoms. The van der Waals surface area contributed by atoms with Crippen LogP contribution in [0.15, 0.2) is 17.1 Å². The van der Waals surface area contributed by atoms with E-state index in [4.69, 9.17) is 4.52 Å². The number of carbonyl (C=O) groups excluding carboxylic acids is 1. The lowest BCUT2D eigenvalue weighted by atomic mass is 10.3. The number of carbonyl (C=O) groups is 1. The number of methoxy groups -OCH3 is 1. The maximum Gasteiger partial charge on any atom is 0.360 e. The van der Waals surface area contributed by atoms with Crippen molar-refractivity contribution in [3.05, 3.63) is 28.2 Å². The highest BCUT2D eigenvalue weighted by Crippen LogP contribution is 2.15. The summed E-state index contributed by atoms with van der Waals surface area (Å²) in [6.45, 7) is 0. The van der Waals surface area contributed by atoms with E-state index in [-0.39, 0.29) is 11.4 Å². The Labute approximate surface area is 88.4 Å². The maximum absolute atomic E-state index is 11.4. The summed E-state index contributed by atoms with van der Waals surface area (Å²) in [6, 6.07) is 1.28. The quantitative estimate of drug-likeness (QED) is 0.583. The first-order valence-electron chi connectivity index (χ1n) is 4.04. The SMILES string of the molecule is CNn1ccc(=O)c(OP)c1C(=O)OC. The van der Waals surface area contributed by atoms with Gasteiger partial charge in [0.05, 0.1) is 16.6 Å². The van der Waals surface area contributed by atoms with Crippen molar-refractivity contribution in [2.75, 3.05) is 19.6 Å². The molecule has 6 nitrogen and oxygen atoms in total. The smallest absolute Gasteiger partial charge is 0.360 e. The molecule has 0 aromatic carbocycles. The van der Waals surface area contributed by atoms with Crippen molar-refractivity contribution in [2.24, 2.45) is 0 Å². The number of pyridine rings is 1. The average molecular weight is 230 g/mol. The van der Waals surface area contributed by atoms with Crippen LogP contribution < -0.4 is 15.4 Å². The Balaban J connectivity index is 3.47. The second kappa shape index (κ2) is 4.79. The van der Waals surface area contributed by atoms with Crippen LogP contribution in [0.1, 0.15) is 10.5 Å². The van der Waals surface area contributed by atoms with E-state index in [9.17, 15) is 9.59 Å². The monoisotopic (exact) mass is 230 g/mol. The zero-order valence-corrected chi connectivity index (χ0v) is 9.47. The molecule has 1 atom stereocenters. The first-order chi connectivity index (χ1) is 7.15. The summed E-state index contributed by atoms with van der Waals surface area (Å²) >= 11 is 0. The van der Waals surface area contributed by atoms with Crippen molar-refractivity contribution in [3.63, 3.8) is 0 Å². The largest absolute Gasteiger partial charge is 0.474 e. The minimum absolute atomic E-state index is 0.0162. The molecule has 1 heterocycles. The first kappa shape index (κ1) is 11.5. The molecule has 0 aliphatic rings. The molecule has 0 aliphatic heterocycles. The Kier molecular flexibility index (Phi) is 3.68. The number of nitrogens with one attached hydrogen (secondary N) is 1. The highest BCUT2D eigenvalue weighted by molar-refractivity contribution is 7.10. The van der Waals surface area contributed by atoms with Gasteiger partial charge in [-0.05, 0) is 0 Å². The molecule has 0 radical (unpaired) electrons. The Bertz CT molecular complexity index is 429. The van der Waals surface area contributed by atoms with Crippen LogP contribution in [-0.2, 0) is 4.74 Å². The fraction of sp³-hybridized carbons (Fsp3) is 0.250. The van der Waals surface area contributed by atoms with Gasteiger partial charge in [-0.1, -0.05) is 0 Å². The summed E-state index contributed by atoms with van der Waals surface area (Å²) < 4.78 is 10.7. The molecule has 15 heavy (non-hydrogen) atoms. The van der Waals surface area contributed by atoms with Crippen LogP contribution >= 0.6 is 9.47 Å². The molecule has 0 bridgehead atoms. The predicted molar refractivity (Wildman–Crippen MR) is 57.7 cm³/mol. The van der Waals surface area contributed by atoms with Crippen LogP contribution in [0, 0.1) is 0 Å². The standard InChI is InChI=1S/C8H11N2O4P/c1-9-10-4-3-5(11)7(14-15)6(10)8(12)13-2/h3-4,9H,15H2,1-2H3. The molecular weight excluding hydrogens is 219 g/mol.